The number of likely N-dealkylation sites (N-methyl/N-ethyl adjacent to an activating group) is 1. The molecule has 1 atom stereocenters. The predicted molar refractivity (Wildman–Crippen MR) is 76.1 cm³/mol. The lowest BCUT2D eigenvalue weighted by molar-refractivity contribution is 0.230. The summed E-state index contributed by atoms with van der Waals surface area (Å²) >= 11 is 1.84. The minimum atomic E-state index is -3.24. The fourth-order valence-corrected chi connectivity index (χ4v) is 5.63. The van der Waals surface area contributed by atoms with Crippen molar-refractivity contribution in [3.05, 3.63) is 0 Å². The van der Waals surface area contributed by atoms with Gasteiger partial charge in [0.05, 0.1) is 0 Å². The van der Waals surface area contributed by atoms with Gasteiger partial charge in [0.25, 0.3) is 10.2 Å². The van der Waals surface area contributed by atoms with Gasteiger partial charge in [0.15, 0.2) is 0 Å². The summed E-state index contributed by atoms with van der Waals surface area (Å²) in [6.07, 6.45) is 3.10. The Bertz CT molecular complexity index is 353. The number of nitrogens with one attached hydrogen (secondary N) is 1. The molecule has 2 rings (SSSR count). The third-order valence-electron chi connectivity index (χ3n) is 3.61. The van der Waals surface area contributed by atoms with Crippen LogP contribution < -0.4 is 5.32 Å². The fourth-order valence-electron chi connectivity index (χ4n) is 2.64. The summed E-state index contributed by atoms with van der Waals surface area (Å²) in [4.78, 5) is 0. The maximum atomic E-state index is 12.6. The number of hydrogen-bond donors (Lipinski definition) is 1. The molecule has 0 bridgehead atoms. The van der Waals surface area contributed by atoms with Crippen molar-refractivity contribution < 1.29 is 8.42 Å². The molecule has 2 heterocycles. The van der Waals surface area contributed by atoms with E-state index in [2.05, 4.69) is 5.32 Å². The molecule has 2 aliphatic rings. The van der Waals surface area contributed by atoms with Crippen LogP contribution in [0.25, 0.3) is 0 Å². The van der Waals surface area contributed by atoms with Crippen LogP contribution in [0.5, 0.6) is 0 Å². The molecule has 7 heteroatoms. The molecule has 0 aromatic rings. The van der Waals surface area contributed by atoms with Crippen LogP contribution >= 0.6 is 11.8 Å². The van der Waals surface area contributed by atoms with Gasteiger partial charge in [0.2, 0.25) is 0 Å². The van der Waals surface area contributed by atoms with Crippen molar-refractivity contribution in [3.8, 4) is 0 Å². The molecular weight excluding hydrogens is 270 g/mol. The van der Waals surface area contributed by atoms with E-state index in [9.17, 15) is 8.42 Å². The summed E-state index contributed by atoms with van der Waals surface area (Å²) in [5, 5.41) is 3.11. The van der Waals surface area contributed by atoms with E-state index >= 15 is 0 Å². The molecule has 0 aromatic heterocycles. The van der Waals surface area contributed by atoms with Gasteiger partial charge in [-0.3, -0.25) is 0 Å². The largest absolute Gasteiger partial charge is 0.318 e. The van der Waals surface area contributed by atoms with E-state index in [1.54, 1.807) is 8.61 Å². The first-order chi connectivity index (χ1) is 8.66. The molecule has 2 aliphatic heterocycles. The van der Waals surface area contributed by atoms with Crippen LogP contribution in [0.4, 0.5) is 0 Å². The normalized spacial score (nSPS) is 28.4. The first-order valence-corrected chi connectivity index (χ1v) is 9.20. The molecule has 0 spiro atoms. The average molecular weight is 293 g/mol. The second-order valence-corrected chi connectivity index (χ2v) is 7.94. The average Bonchev–Trinajstić information content (AvgIpc) is 2.41. The summed E-state index contributed by atoms with van der Waals surface area (Å²) in [5.74, 6) is 1.84. The molecule has 0 aliphatic carbocycles. The van der Waals surface area contributed by atoms with Crippen molar-refractivity contribution in [2.75, 3.05) is 44.7 Å². The predicted octanol–water partition coefficient (Wildman–Crippen LogP) is 0.354. The van der Waals surface area contributed by atoms with Crippen LogP contribution in [0.1, 0.15) is 19.3 Å². The zero-order valence-electron chi connectivity index (χ0n) is 11.0. The molecule has 2 saturated heterocycles. The van der Waals surface area contributed by atoms with E-state index in [1.165, 1.54) is 0 Å². The van der Waals surface area contributed by atoms with Gasteiger partial charge in [-0.25, -0.2) is 0 Å². The van der Waals surface area contributed by atoms with Crippen LogP contribution in [0, 0.1) is 0 Å². The first kappa shape index (κ1) is 14.6. The smallest absolute Gasteiger partial charge is 0.282 e. The second kappa shape index (κ2) is 6.56. The molecular formula is C11H23N3O2S2. The zero-order valence-corrected chi connectivity index (χ0v) is 12.6. The van der Waals surface area contributed by atoms with Gasteiger partial charge < -0.3 is 5.32 Å². The van der Waals surface area contributed by atoms with Gasteiger partial charge in [-0.1, -0.05) is 6.42 Å². The van der Waals surface area contributed by atoms with E-state index in [1.807, 2.05) is 18.8 Å². The summed E-state index contributed by atoms with van der Waals surface area (Å²) in [5.41, 5.74) is 0. The molecule has 2 fully saturated rings. The van der Waals surface area contributed by atoms with E-state index in [0.29, 0.717) is 19.6 Å². The van der Waals surface area contributed by atoms with Crippen LogP contribution in [0.15, 0.2) is 0 Å². The maximum absolute atomic E-state index is 12.6. The highest BCUT2D eigenvalue weighted by molar-refractivity contribution is 7.99. The Labute approximate surface area is 114 Å². The highest BCUT2D eigenvalue weighted by atomic mass is 32.2. The zero-order chi connectivity index (χ0) is 13.0. The topological polar surface area (TPSA) is 52.7 Å². The van der Waals surface area contributed by atoms with Crippen molar-refractivity contribution in [3.63, 3.8) is 0 Å². The van der Waals surface area contributed by atoms with Crippen molar-refractivity contribution in [2.45, 2.75) is 25.3 Å². The monoisotopic (exact) mass is 293 g/mol. The van der Waals surface area contributed by atoms with Gasteiger partial charge >= 0.3 is 0 Å². The summed E-state index contributed by atoms with van der Waals surface area (Å²) in [7, 11) is -1.36. The van der Waals surface area contributed by atoms with Crippen molar-refractivity contribution in [1.29, 1.82) is 0 Å². The lowest BCUT2D eigenvalue weighted by Crippen LogP contribution is -2.54. The number of piperidine rings is 1. The van der Waals surface area contributed by atoms with Crippen LogP contribution in [-0.2, 0) is 10.2 Å². The quantitative estimate of drug-likeness (QED) is 0.813. The third kappa shape index (κ3) is 3.19. The van der Waals surface area contributed by atoms with Gasteiger partial charge in [0, 0.05) is 43.7 Å². The molecule has 18 heavy (non-hydrogen) atoms. The van der Waals surface area contributed by atoms with Crippen molar-refractivity contribution in [2.24, 2.45) is 0 Å². The standard InChI is InChI=1S/C11H23N3O2S2/c1-12-10-11-4-2-3-5-14(11)18(15,16)13-6-8-17-9-7-13/h11-12H,2-10H2,1H3. The van der Waals surface area contributed by atoms with Crippen LogP contribution in [0.3, 0.4) is 0 Å². The highest BCUT2D eigenvalue weighted by Crippen LogP contribution is 2.24. The van der Waals surface area contributed by atoms with E-state index in [4.69, 9.17) is 0 Å². The van der Waals surface area contributed by atoms with Crippen molar-refractivity contribution >= 4 is 22.0 Å². The summed E-state index contributed by atoms with van der Waals surface area (Å²) in [6, 6.07) is 0.128. The van der Waals surface area contributed by atoms with E-state index < -0.39 is 10.2 Å². The van der Waals surface area contributed by atoms with Gasteiger partial charge in [-0.05, 0) is 19.9 Å². The molecule has 1 N–H and O–H groups in total. The van der Waals surface area contributed by atoms with Gasteiger partial charge in [-0.15, -0.1) is 0 Å². The summed E-state index contributed by atoms with van der Waals surface area (Å²) < 4.78 is 28.7. The Balaban J connectivity index is 2.10. The summed E-state index contributed by atoms with van der Waals surface area (Å²) in [6.45, 7) is 2.76. The van der Waals surface area contributed by atoms with E-state index in [0.717, 1.165) is 37.3 Å². The number of nitrogens with zero attached hydrogens (tertiary/aromatic N) is 2. The molecule has 5 nitrogen and oxygen atoms in total. The molecule has 0 aromatic carbocycles. The Morgan fingerprint density at radius 1 is 1.22 bits per heavy atom. The minimum absolute atomic E-state index is 0.128. The molecule has 106 valence electrons. The molecule has 0 radical (unpaired) electrons. The minimum Gasteiger partial charge on any atom is -0.318 e. The van der Waals surface area contributed by atoms with Crippen LogP contribution in [0.2, 0.25) is 0 Å². The molecule has 1 unspecified atom stereocenters. The maximum Gasteiger partial charge on any atom is 0.282 e. The Morgan fingerprint density at radius 3 is 2.61 bits per heavy atom. The third-order valence-corrected chi connectivity index (χ3v) is 6.64. The Hall–Kier alpha value is 0.180. The highest BCUT2D eigenvalue weighted by Gasteiger charge is 2.36. The SMILES string of the molecule is CNCC1CCCCN1S(=O)(=O)N1CCSCC1. The van der Waals surface area contributed by atoms with Crippen molar-refractivity contribution in [1.82, 2.24) is 13.9 Å². The first-order valence-electron chi connectivity index (χ1n) is 6.65. The molecule has 0 saturated carbocycles. The van der Waals surface area contributed by atoms with E-state index in [-0.39, 0.29) is 6.04 Å². The number of thioether (sulfide) groups is 1. The second-order valence-electron chi connectivity index (χ2n) is 4.84. The molecule has 0 amide bonds. The van der Waals surface area contributed by atoms with Gasteiger partial charge in [0.1, 0.15) is 0 Å². The number of hydrogen-bond acceptors (Lipinski definition) is 4. The number of rotatable bonds is 4. The Morgan fingerprint density at radius 2 is 1.94 bits per heavy atom. The Kier molecular flexibility index (Phi) is 5.32. The lowest BCUT2D eigenvalue weighted by Gasteiger charge is -2.38. The lowest BCUT2D eigenvalue weighted by atomic mass is 10.1. The van der Waals surface area contributed by atoms with Gasteiger partial charge in [-0.2, -0.15) is 28.8 Å². The fraction of sp³-hybridized carbons (Fsp3) is 1.00. The van der Waals surface area contributed by atoms with Crippen LogP contribution in [-0.4, -0.2) is 67.8 Å².